The maximum absolute atomic E-state index is 12.8. The van der Waals surface area contributed by atoms with Gasteiger partial charge in [-0.1, -0.05) is 0 Å². The first-order valence-electron chi connectivity index (χ1n) is 4.49. The van der Waals surface area contributed by atoms with Crippen molar-refractivity contribution in [3.63, 3.8) is 0 Å². The first-order chi connectivity index (χ1) is 6.74. The van der Waals surface area contributed by atoms with Crippen LogP contribution in [-0.4, -0.2) is 19.0 Å². The van der Waals surface area contributed by atoms with Crippen molar-refractivity contribution in [2.45, 2.75) is 11.8 Å². The minimum Gasteiger partial charge on any atom is -0.398 e. The molecule has 1 aromatic rings. The molecular formula is C10H14FNOS. The molecular weight excluding hydrogens is 201 g/mol. The van der Waals surface area contributed by atoms with Crippen molar-refractivity contribution in [1.82, 2.24) is 0 Å². The molecule has 4 heteroatoms. The number of benzene rings is 1. The van der Waals surface area contributed by atoms with E-state index in [-0.39, 0.29) is 5.82 Å². The quantitative estimate of drug-likeness (QED) is 0.466. The monoisotopic (exact) mass is 215 g/mol. The number of halogens is 1. The fourth-order valence-electron chi connectivity index (χ4n) is 0.988. The minimum atomic E-state index is -0.252. The molecule has 0 heterocycles. The van der Waals surface area contributed by atoms with Crippen LogP contribution >= 0.6 is 11.8 Å². The van der Waals surface area contributed by atoms with Gasteiger partial charge in [0.25, 0.3) is 0 Å². The van der Waals surface area contributed by atoms with Gasteiger partial charge in [0.15, 0.2) is 0 Å². The topological polar surface area (TPSA) is 35.2 Å². The lowest BCUT2D eigenvalue weighted by Gasteiger charge is -2.05. The number of hydrogen-bond donors (Lipinski definition) is 1. The number of ether oxygens (including phenoxy) is 1. The molecule has 0 aromatic heterocycles. The van der Waals surface area contributed by atoms with Crippen molar-refractivity contribution < 1.29 is 9.13 Å². The van der Waals surface area contributed by atoms with Crippen LogP contribution in [0.5, 0.6) is 0 Å². The molecule has 2 nitrogen and oxygen atoms in total. The zero-order valence-corrected chi connectivity index (χ0v) is 8.94. The summed E-state index contributed by atoms with van der Waals surface area (Å²) < 4.78 is 18.0. The van der Waals surface area contributed by atoms with Crippen molar-refractivity contribution in [1.29, 1.82) is 0 Å². The molecule has 0 aliphatic carbocycles. The summed E-state index contributed by atoms with van der Waals surface area (Å²) in [6.07, 6.45) is 0. The van der Waals surface area contributed by atoms with Crippen LogP contribution in [0, 0.1) is 5.82 Å². The fraction of sp³-hybridized carbons (Fsp3) is 0.400. The van der Waals surface area contributed by atoms with Gasteiger partial charge in [-0.25, -0.2) is 4.39 Å². The Balaban J connectivity index is 2.45. The van der Waals surface area contributed by atoms with E-state index >= 15 is 0 Å². The highest BCUT2D eigenvalue weighted by atomic mass is 32.2. The highest BCUT2D eigenvalue weighted by Crippen LogP contribution is 2.25. The second kappa shape index (κ2) is 5.88. The first kappa shape index (κ1) is 11.3. The van der Waals surface area contributed by atoms with Gasteiger partial charge in [0.2, 0.25) is 0 Å². The molecule has 14 heavy (non-hydrogen) atoms. The molecule has 0 saturated carbocycles. The second-order valence-electron chi connectivity index (χ2n) is 2.73. The summed E-state index contributed by atoms with van der Waals surface area (Å²) in [6.45, 7) is 3.32. The number of rotatable bonds is 5. The van der Waals surface area contributed by atoms with Crippen molar-refractivity contribution in [2.75, 3.05) is 24.7 Å². The number of hydrogen-bond acceptors (Lipinski definition) is 3. The molecule has 0 radical (unpaired) electrons. The summed E-state index contributed by atoms with van der Waals surface area (Å²) in [6, 6.07) is 4.40. The Morgan fingerprint density at radius 1 is 1.50 bits per heavy atom. The SMILES string of the molecule is CCOCCSc1cc(F)ccc1N. The summed E-state index contributed by atoms with van der Waals surface area (Å²) in [7, 11) is 0. The Morgan fingerprint density at radius 2 is 2.29 bits per heavy atom. The van der Waals surface area contributed by atoms with Gasteiger partial charge in [0.05, 0.1) is 6.61 Å². The van der Waals surface area contributed by atoms with E-state index in [1.54, 1.807) is 6.07 Å². The van der Waals surface area contributed by atoms with Crippen LogP contribution in [0.1, 0.15) is 6.92 Å². The summed E-state index contributed by atoms with van der Waals surface area (Å²) in [5.41, 5.74) is 6.29. The van der Waals surface area contributed by atoms with Crippen LogP contribution in [0.15, 0.2) is 23.1 Å². The average molecular weight is 215 g/mol. The summed E-state index contributed by atoms with van der Waals surface area (Å²) in [5, 5.41) is 0. The maximum Gasteiger partial charge on any atom is 0.124 e. The van der Waals surface area contributed by atoms with E-state index in [1.807, 2.05) is 6.92 Å². The third-order valence-electron chi connectivity index (χ3n) is 1.66. The van der Waals surface area contributed by atoms with Gasteiger partial charge >= 0.3 is 0 Å². The van der Waals surface area contributed by atoms with E-state index in [4.69, 9.17) is 10.5 Å². The maximum atomic E-state index is 12.8. The van der Waals surface area contributed by atoms with Crippen LogP contribution in [0.25, 0.3) is 0 Å². The second-order valence-corrected chi connectivity index (χ2v) is 3.86. The third-order valence-corrected chi connectivity index (χ3v) is 2.70. The van der Waals surface area contributed by atoms with E-state index in [0.29, 0.717) is 18.9 Å². The van der Waals surface area contributed by atoms with Crippen molar-refractivity contribution >= 4 is 17.4 Å². The zero-order chi connectivity index (χ0) is 10.4. The van der Waals surface area contributed by atoms with E-state index in [0.717, 1.165) is 10.6 Å². The number of nitrogen functional groups attached to an aromatic ring is 1. The van der Waals surface area contributed by atoms with E-state index < -0.39 is 0 Å². The van der Waals surface area contributed by atoms with Gasteiger partial charge in [-0.2, -0.15) is 0 Å². The molecule has 0 fully saturated rings. The molecule has 0 saturated heterocycles. The Morgan fingerprint density at radius 3 is 3.00 bits per heavy atom. The molecule has 78 valence electrons. The Bertz CT molecular complexity index is 293. The van der Waals surface area contributed by atoms with Gasteiger partial charge in [0, 0.05) is 22.9 Å². The van der Waals surface area contributed by atoms with Crippen molar-refractivity contribution in [2.24, 2.45) is 0 Å². The van der Waals surface area contributed by atoms with Gasteiger partial charge in [0.1, 0.15) is 5.82 Å². The molecule has 0 aliphatic heterocycles. The molecule has 0 spiro atoms. The lowest BCUT2D eigenvalue weighted by atomic mass is 10.3. The molecule has 0 amide bonds. The lowest BCUT2D eigenvalue weighted by molar-refractivity contribution is 0.164. The largest absolute Gasteiger partial charge is 0.398 e. The van der Waals surface area contributed by atoms with Crippen LogP contribution in [0.4, 0.5) is 10.1 Å². The normalized spacial score (nSPS) is 10.4. The van der Waals surface area contributed by atoms with E-state index in [1.165, 1.54) is 23.9 Å². The van der Waals surface area contributed by atoms with Crippen LogP contribution < -0.4 is 5.73 Å². The standard InChI is InChI=1S/C10H14FNOS/c1-2-13-5-6-14-10-7-8(11)3-4-9(10)12/h3-4,7H,2,5-6,12H2,1H3. The van der Waals surface area contributed by atoms with Gasteiger partial charge in [-0.15, -0.1) is 11.8 Å². The molecule has 0 bridgehead atoms. The number of nitrogens with two attached hydrogens (primary N) is 1. The van der Waals surface area contributed by atoms with Crippen LogP contribution in [-0.2, 0) is 4.74 Å². The van der Waals surface area contributed by atoms with Gasteiger partial charge < -0.3 is 10.5 Å². The molecule has 0 atom stereocenters. The van der Waals surface area contributed by atoms with Crippen LogP contribution in [0.2, 0.25) is 0 Å². The smallest absolute Gasteiger partial charge is 0.124 e. The average Bonchev–Trinajstić information content (AvgIpc) is 2.18. The van der Waals surface area contributed by atoms with Crippen LogP contribution in [0.3, 0.4) is 0 Å². The molecule has 1 aromatic carbocycles. The Hall–Kier alpha value is -0.740. The summed E-state index contributed by atoms with van der Waals surface area (Å²) in [4.78, 5) is 0.782. The Labute approximate surface area is 87.6 Å². The first-order valence-corrected chi connectivity index (χ1v) is 5.48. The fourth-order valence-corrected chi connectivity index (χ4v) is 1.84. The van der Waals surface area contributed by atoms with Gasteiger partial charge in [-0.3, -0.25) is 0 Å². The third kappa shape index (κ3) is 3.55. The highest BCUT2D eigenvalue weighted by molar-refractivity contribution is 7.99. The highest BCUT2D eigenvalue weighted by Gasteiger charge is 2.01. The minimum absolute atomic E-state index is 0.252. The predicted octanol–water partition coefficient (Wildman–Crippen LogP) is 2.54. The number of thioether (sulfide) groups is 1. The molecule has 0 unspecified atom stereocenters. The van der Waals surface area contributed by atoms with Crippen molar-refractivity contribution in [3.05, 3.63) is 24.0 Å². The number of anilines is 1. The van der Waals surface area contributed by atoms with E-state index in [9.17, 15) is 4.39 Å². The lowest BCUT2D eigenvalue weighted by Crippen LogP contribution is -1.97. The Kier molecular flexibility index (Phi) is 4.76. The predicted molar refractivity (Wildman–Crippen MR) is 58.0 cm³/mol. The van der Waals surface area contributed by atoms with Gasteiger partial charge in [-0.05, 0) is 25.1 Å². The summed E-state index contributed by atoms with van der Waals surface area (Å²) >= 11 is 1.51. The summed E-state index contributed by atoms with van der Waals surface area (Å²) in [5.74, 6) is 0.541. The molecule has 2 N–H and O–H groups in total. The molecule has 0 aliphatic rings. The van der Waals surface area contributed by atoms with Crippen molar-refractivity contribution in [3.8, 4) is 0 Å². The zero-order valence-electron chi connectivity index (χ0n) is 8.13. The van der Waals surface area contributed by atoms with E-state index in [2.05, 4.69) is 0 Å². The molecule has 1 rings (SSSR count).